The van der Waals surface area contributed by atoms with Crippen LogP contribution < -0.4 is 5.32 Å². The zero-order chi connectivity index (χ0) is 15.4. The second kappa shape index (κ2) is 6.74. The fourth-order valence-electron chi connectivity index (χ4n) is 3.31. The van der Waals surface area contributed by atoms with E-state index in [1.165, 1.54) is 0 Å². The van der Waals surface area contributed by atoms with Crippen LogP contribution in [0.15, 0.2) is 12.2 Å². The first kappa shape index (κ1) is 15.5. The Morgan fingerprint density at radius 2 is 1.90 bits per heavy atom. The van der Waals surface area contributed by atoms with E-state index in [0.717, 1.165) is 6.42 Å². The molecule has 4 atom stereocenters. The molecule has 0 heterocycles. The zero-order valence-corrected chi connectivity index (χ0v) is 12.1. The average molecular weight is 295 g/mol. The molecule has 0 aromatic carbocycles. The number of allylic oxidation sites excluding steroid dienone is 2. The predicted octanol–water partition coefficient (Wildman–Crippen LogP) is 0.969. The van der Waals surface area contributed by atoms with E-state index in [1.807, 2.05) is 12.2 Å². The molecule has 2 rings (SSSR count). The van der Waals surface area contributed by atoms with E-state index in [2.05, 4.69) is 5.32 Å². The van der Waals surface area contributed by atoms with Crippen LogP contribution >= 0.6 is 0 Å². The third kappa shape index (κ3) is 3.43. The van der Waals surface area contributed by atoms with Crippen LogP contribution in [-0.4, -0.2) is 36.1 Å². The molecule has 2 aliphatic carbocycles. The summed E-state index contributed by atoms with van der Waals surface area (Å²) in [6.07, 6.45) is 5.37. The van der Waals surface area contributed by atoms with Gasteiger partial charge in [0.2, 0.25) is 5.91 Å². The number of nitrogens with one attached hydrogen (secondary N) is 1. The van der Waals surface area contributed by atoms with E-state index in [1.54, 1.807) is 6.92 Å². The highest BCUT2D eigenvalue weighted by Crippen LogP contribution is 2.48. The van der Waals surface area contributed by atoms with Gasteiger partial charge in [-0.2, -0.15) is 0 Å². The Morgan fingerprint density at radius 3 is 2.52 bits per heavy atom. The van der Waals surface area contributed by atoms with Gasteiger partial charge in [0.15, 0.2) is 0 Å². The fourth-order valence-corrected chi connectivity index (χ4v) is 3.31. The Balaban J connectivity index is 1.79. The van der Waals surface area contributed by atoms with E-state index in [-0.39, 0.29) is 30.1 Å². The minimum Gasteiger partial charge on any atom is -0.481 e. The molecular formula is C15H21NO5. The number of ether oxygens (including phenoxy) is 1. The van der Waals surface area contributed by atoms with Gasteiger partial charge in [0.05, 0.1) is 18.4 Å². The van der Waals surface area contributed by atoms with E-state index < -0.39 is 17.8 Å². The quantitative estimate of drug-likeness (QED) is 0.415. The van der Waals surface area contributed by atoms with Crippen LogP contribution in [-0.2, 0) is 19.1 Å². The standard InChI is InChI=1S/C15H21NO5/c1-2-21-11(17)4-3-7-16-14(18)12-9-5-6-10(8-9)13(12)15(19)20/h5-6,9-10,12-13H,2-4,7-8H2,1H3,(H,16,18)(H,19,20)/t9?,10?,12-,13+/m0/s1. The van der Waals surface area contributed by atoms with E-state index in [4.69, 9.17) is 4.74 Å². The minimum atomic E-state index is -0.904. The summed E-state index contributed by atoms with van der Waals surface area (Å²) in [5, 5.41) is 12.0. The van der Waals surface area contributed by atoms with Crippen molar-refractivity contribution in [2.24, 2.45) is 23.7 Å². The number of amides is 1. The van der Waals surface area contributed by atoms with Crippen molar-refractivity contribution in [3.63, 3.8) is 0 Å². The Morgan fingerprint density at radius 1 is 1.24 bits per heavy atom. The maximum Gasteiger partial charge on any atom is 0.307 e. The van der Waals surface area contributed by atoms with Gasteiger partial charge in [-0.15, -0.1) is 0 Å². The van der Waals surface area contributed by atoms with Crippen molar-refractivity contribution < 1.29 is 24.2 Å². The number of carbonyl (C=O) groups excluding carboxylic acids is 2. The normalized spacial score (nSPS) is 29.4. The molecule has 1 fully saturated rings. The maximum atomic E-state index is 12.2. The first-order valence-electron chi connectivity index (χ1n) is 7.39. The van der Waals surface area contributed by atoms with Crippen molar-refractivity contribution in [2.45, 2.75) is 26.2 Å². The lowest BCUT2D eigenvalue weighted by molar-refractivity contribution is -0.147. The van der Waals surface area contributed by atoms with E-state index in [0.29, 0.717) is 19.6 Å². The predicted molar refractivity (Wildman–Crippen MR) is 74.2 cm³/mol. The van der Waals surface area contributed by atoms with Crippen LogP contribution in [0.5, 0.6) is 0 Å². The number of carbonyl (C=O) groups is 3. The SMILES string of the molecule is CCOC(=O)CCCNC(=O)[C@H]1C2C=CC(C2)[C@H]1C(=O)O. The van der Waals surface area contributed by atoms with Gasteiger partial charge in [-0.05, 0) is 31.6 Å². The van der Waals surface area contributed by atoms with Crippen molar-refractivity contribution in [2.75, 3.05) is 13.2 Å². The molecule has 0 aliphatic heterocycles. The first-order chi connectivity index (χ1) is 10.0. The molecule has 6 nitrogen and oxygen atoms in total. The number of esters is 1. The van der Waals surface area contributed by atoms with Gasteiger partial charge in [-0.1, -0.05) is 12.2 Å². The molecule has 1 amide bonds. The maximum absolute atomic E-state index is 12.2. The highest BCUT2D eigenvalue weighted by atomic mass is 16.5. The van der Waals surface area contributed by atoms with Crippen LogP contribution in [0.4, 0.5) is 0 Å². The molecule has 1 saturated carbocycles. The summed E-state index contributed by atoms with van der Waals surface area (Å²) >= 11 is 0. The average Bonchev–Trinajstić information content (AvgIpc) is 3.04. The summed E-state index contributed by atoms with van der Waals surface area (Å²) in [5.74, 6) is -2.51. The monoisotopic (exact) mass is 295 g/mol. The lowest BCUT2D eigenvalue weighted by atomic mass is 9.82. The van der Waals surface area contributed by atoms with Crippen molar-refractivity contribution in [1.82, 2.24) is 5.32 Å². The number of rotatable bonds is 7. The molecule has 0 saturated heterocycles. The molecule has 116 valence electrons. The number of carboxylic acids is 1. The third-order valence-corrected chi connectivity index (χ3v) is 4.21. The lowest BCUT2D eigenvalue weighted by Gasteiger charge is -2.23. The number of fused-ring (bicyclic) bond motifs is 2. The Kier molecular flexibility index (Phi) is 4.98. The molecule has 2 unspecified atom stereocenters. The summed E-state index contributed by atoms with van der Waals surface area (Å²) < 4.78 is 4.80. The van der Waals surface area contributed by atoms with Gasteiger partial charge < -0.3 is 15.2 Å². The zero-order valence-electron chi connectivity index (χ0n) is 12.1. The first-order valence-corrected chi connectivity index (χ1v) is 7.39. The highest BCUT2D eigenvalue weighted by Gasteiger charge is 2.51. The van der Waals surface area contributed by atoms with Gasteiger partial charge in [0, 0.05) is 13.0 Å². The smallest absolute Gasteiger partial charge is 0.307 e. The number of hydrogen-bond donors (Lipinski definition) is 2. The summed E-state index contributed by atoms with van der Waals surface area (Å²) in [4.78, 5) is 34.7. The fraction of sp³-hybridized carbons (Fsp3) is 0.667. The Bertz CT molecular complexity index is 459. The van der Waals surface area contributed by atoms with Gasteiger partial charge in [-0.25, -0.2) is 0 Å². The van der Waals surface area contributed by atoms with Gasteiger partial charge in [0.25, 0.3) is 0 Å². The lowest BCUT2D eigenvalue weighted by Crippen LogP contribution is -2.40. The van der Waals surface area contributed by atoms with Crippen LogP contribution in [0.2, 0.25) is 0 Å². The largest absolute Gasteiger partial charge is 0.481 e. The van der Waals surface area contributed by atoms with E-state index >= 15 is 0 Å². The number of aliphatic carboxylic acids is 1. The van der Waals surface area contributed by atoms with Gasteiger partial charge in [0.1, 0.15) is 0 Å². The van der Waals surface area contributed by atoms with Crippen LogP contribution in [0.25, 0.3) is 0 Å². The van der Waals surface area contributed by atoms with Gasteiger partial charge >= 0.3 is 11.9 Å². The molecular weight excluding hydrogens is 274 g/mol. The topological polar surface area (TPSA) is 92.7 Å². The van der Waals surface area contributed by atoms with Crippen LogP contribution in [0, 0.1) is 23.7 Å². The molecule has 0 radical (unpaired) electrons. The molecule has 2 aliphatic rings. The summed E-state index contributed by atoms with van der Waals surface area (Å²) in [6, 6.07) is 0. The Hall–Kier alpha value is -1.85. The van der Waals surface area contributed by atoms with Crippen molar-refractivity contribution in [3.05, 3.63) is 12.2 Å². The minimum absolute atomic E-state index is 0.0252. The second-order valence-corrected chi connectivity index (χ2v) is 5.54. The van der Waals surface area contributed by atoms with Crippen LogP contribution in [0.1, 0.15) is 26.2 Å². The Labute approximate surface area is 123 Å². The number of hydrogen-bond acceptors (Lipinski definition) is 4. The van der Waals surface area contributed by atoms with Crippen molar-refractivity contribution >= 4 is 17.8 Å². The molecule has 2 bridgehead atoms. The van der Waals surface area contributed by atoms with Crippen molar-refractivity contribution in [3.8, 4) is 0 Å². The molecule has 6 heteroatoms. The molecule has 0 spiro atoms. The number of carboxylic acid groups (broad SMARTS) is 1. The summed E-state index contributed by atoms with van der Waals surface area (Å²) in [5.41, 5.74) is 0. The molecule has 21 heavy (non-hydrogen) atoms. The summed E-state index contributed by atoms with van der Waals surface area (Å²) in [7, 11) is 0. The second-order valence-electron chi connectivity index (χ2n) is 5.54. The summed E-state index contributed by atoms with van der Waals surface area (Å²) in [6.45, 7) is 2.46. The van der Waals surface area contributed by atoms with Crippen LogP contribution in [0.3, 0.4) is 0 Å². The molecule has 2 N–H and O–H groups in total. The molecule has 0 aromatic rings. The molecule has 0 aromatic heterocycles. The third-order valence-electron chi connectivity index (χ3n) is 4.21. The van der Waals surface area contributed by atoms with Crippen molar-refractivity contribution in [1.29, 1.82) is 0 Å². The highest BCUT2D eigenvalue weighted by molar-refractivity contribution is 5.86. The van der Waals surface area contributed by atoms with E-state index in [9.17, 15) is 19.5 Å². The van der Waals surface area contributed by atoms with Gasteiger partial charge in [-0.3, -0.25) is 14.4 Å².